The van der Waals surface area contributed by atoms with Crippen LogP contribution in [0.2, 0.25) is 5.02 Å². The minimum Gasteiger partial charge on any atom is -0.493 e. The van der Waals surface area contributed by atoms with Crippen molar-refractivity contribution < 1.29 is 14.3 Å². The first-order chi connectivity index (χ1) is 11.5. The van der Waals surface area contributed by atoms with Crippen LogP contribution < -0.4 is 25.6 Å². The van der Waals surface area contributed by atoms with Gasteiger partial charge in [0.2, 0.25) is 0 Å². The molecule has 3 N–H and O–H groups in total. The highest BCUT2D eigenvalue weighted by molar-refractivity contribution is 7.80. The van der Waals surface area contributed by atoms with E-state index in [4.69, 9.17) is 33.3 Å². The van der Waals surface area contributed by atoms with Crippen molar-refractivity contribution in [3.05, 3.63) is 53.1 Å². The predicted molar refractivity (Wildman–Crippen MR) is 97.8 cm³/mol. The molecule has 0 spiro atoms. The van der Waals surface area contributed by atoms with Crippen LogP contribution in [0.25, 0.3) is 0 Å². The highest BCUT2D eigenvalue weighted by atomic mass is 35.5. The fourth-order valence-corrected chi connectivity index (χ4v) is 2.15. The Hall–Kier alpha value is -2.51. The SMILES string of the molecule is COc1ccc(C(=O)NNC(=S)Nc2ccc(Cl)cc2)cc1OC. The highest BCUT2D eigenvalue weighted by Gasteiger charge is 2.10. The lowest BCUT2D eigenvalue weighted by molar-refractivity contribution is 0.0944. The van der Waals surface area contributed by atoms with Crippen LogP contribution in [0.4, 0.5) is 5.69 Å². The smallest absolute Gasteiger partial charge is 0.269 e. The van der Waals surface area contributed by atoms with Gasteiger partial charge in [0.15, 0.2) is 16.6 Å². The number of benzene rings is 2. The maximum atomic E-state index is 12.1. The van der Waals surface area contributed by atoms with Crippen molar-refractivity contribution in [3.8, 4) is 11.5 Å². The maximum absolute atomic E-state index is 12.1. The summed E-state index contributed by atoms with van der Waals surface area (Å²) in [5, 5.41) is 3.79. The lowest BCUT2D eigenvalue weighted by Gasteiger charge is -2.13. The molecule has 2 aromatic rings. The van der Waals surface area contributed by atoms with Crippen molar-refractivity contribution in [3.63, 3.8) is 0 Å². The molecule has 0 heterocycles. The molecule has 126 valence electrons. The third-order valence-corrected chi connectivity index (χ3v) is 3.49. The number of ether oxygens (including phenoxy) is 2. The second-order valence-corrected chi connectivity index (χ2v) is 5.45. The topological polar surface area (TPSA) is 71.6 Å². The van der Waals surface area contributed by atoms with Crippen LogP contribution in [-0.2, 0) is 0 Å². The summed E-state index contributed by atoms with van der Waals surface area (Å²) in [7, 11) is 3.03. The van der Waals surface area contributed by atoms with Gasteiger partial charge in [-0.05, 0) is 54.7 Å². The average Bonchev–Trinajstić information content (AvgIpc) is 2.61. The number of methoxy groups -OCH3 is 2. The van der Waals surface area contributed by atoms with Crippen LogP contribution in [0, 0.1) is 0 Å². The van der Waals surface area contributed by atoms with Crippen molar-refractivity contribution in [2.45, 2.75) is 0 Å². The zero-order valence-electron chi connectivity index (χ0n) is 13.1. The molecule has 24 heavy (non-hydrogen) atoms. The van der Waals surface area contributed by atoms with Crippen molar-refractivity contribution in [2.75, 3.05) is 19.5 Å². The van der Waals surface area contributed by atoms with Crippen LogP contribution in [0.3, 0.4) is 0 Å². The van der Waals surface area contributed by atoms with Crippen LogP contribution in [0.1, 0.15) is 10.4 Å². The molecule has 0 saturated heterocycles. The van der Waals surface area contributed by atoms with Gasteiger partial charge in [-0.2, -0.15) is 0 Å². The van der Waals surface area contributed by atoms with Crippen molar-refractivity contribution in [1.82, 2.24) is 10.9 Å². The molecule has 0 bridgehead atoms. The van der Waals surface area contributed by atoms with Crippen LogP contribution >= 0.6 is 23.8 Å². The Balaban J connectivity index is 1.92. The number of halogens is 1. The van der Waals surface area contributed by atoms with Gasteiger partial charge in [-0.25, -0.2) is 0 Å². The fraction of sp³-hybridized carbons (Fsp3) is 0.125. The molecule has 0 aromatic heterocycles. The first-order valence-electron chi connectivity index (χ1n) is 6.88. The van der Waals surface area contributed by atoms with E-state index < -0.39 is 0 Å². The normalized spacial score (nSPS) is 9.79. The minimum absolute atomic E-state index is 0.242. The number of amides is 1. The van der Waals surface area contributed by atoms with E-state index in [0.717, 1.165) is 5.69 Å². The van der Waals surface area contributed by atoms with Crippen molar-refractivity contribution in [2.24, 2.45) is 0 Å². The largest absolute Gasteiger partial charge is 0.493 e. The van der Waals surface area contributed by atoms with Gasteiger partial charge < -0.3 is 14.8 Å². The molecule has 8 heteroatoms. The molecular weight excluding hydrogens is 350 g/mol. The summed E-state index contributed by atoms with van der Waals surface area (Å²) < 4.78 is 10.3. The van der Waals surface area contributed by atoms with E-state index in [0.29, 0.717) is 22.1 Å². The summed E-state index contributed by atoms with van der Waals surface area (Å²) in [6.45, 7) is 0. The van der Waals surface area contributed by atoms with Crippen LogP contribution in [0.5, 0.6) is 11.5 Å². The molecular formula is C16H16ClN3O3S. The van der Waals surface area contributed by atoms with Gasteiger partial charge in [-0.15, -0.1) is 0 Å². The monoisotopic (exact) mass is 365 g/mol. The lowest BCUT2D eigenvalue weighted by Crippen LogP contribution is -2.43. The molecule has 0 atom stereocenters. The van der Waals surface area contributed by atoms with Gasteiger partial charge in [0.1, 0.15) is 0 Å². The van der Waals surface area contributed by atoms with Gasteiger partial charge in [0.05, 0.1) is 14.2 Å². The van der Waals surface area contributed by atoms with Crippen LogP contribution in [0.15, 0.2) is 42.5 Å². The molecule has 2 rings (SSSR count). The van der Waals surface area contributed by atoms with Crippen molar-refractivity contribution >= 4 is 40.5 Å². The number of rotatable bonds is 4. The number of carbonyl (C=O) groups is 1. The molecule has 2 aromatic carbocycles. The fourth-order valence-electron chi connectivity index (χ4n) is 1.86. The molecule has 0 unspecified atom stereocenters. The number of nitrogens with one attached hydrogen (secondary N) is 3. The Morgan fingerprint density at radius 2 is 1.67 bits per heavy atom. The molecule has 0 saturated carbocycles. The van der Waals surface area contributed by atoms with E-state index in [9.17, 15) is 4.79 Å². The number of carbonyl (C=O) groups excluding carboxylic acids is 1. The standard InChI is InChI=1S/C16H16ClN3O3S/c1-22-13-8-3-10(9-14(13)23-2)15(21)19-20-16(24)18-12-6-4-11(17)5-7-12/h3-9H,1-2H3,(H,19,21)(H2,18,20,24). The summed E-state index contributed by atoms with van der Waals surface area (Å²) in [6.07, 6.45) is 0. The molecule has 0 fully saturated rings. The third-order valence-electron chi connectivity index (χ3n) is 3.04. The van der Waals surface area contributed by atoms with Crippen molar-refractivity contribution in [1.29, 1.82) is 0 Å². The van der Waals surface area contributed by atoms with E-state index in [2.05, 4.69) is 16.2 Å². The second-order valence-electron chi connectivity index (χ2n) is 4.61. The van der Waals surface area contributed by atoms with Gasteiger partial charge in [0.25, 0.3) is 5.91 Å². The highest BCUT2D eigenvalue weighted by Crippen LogP contribution is 2.27. The number of hydrogen-bond donors (Lipinski definition) is 3. The Morgan fingerprint density at radius 3 is 2.29 bits per heavy atom. The van der Waals surface area contributed by atoms with E-state index in [-0.39, 0.29) is 11.0 Å². The molecule has 0 aliphatic heterocycles. The quantitative estimate of drug-likeness (QED) is 0.571. The molecule has 1 amide bonds. The number of hydrazine groups is 1. The Bertz CT molecular complexity index is 738. The predicted octanol–water partition coefficient (Wildman–Crippen LogP) is 2.99. The summed E-state index contributed by atoms with van der Waals surface area (Å²) >= 11 is 10.9. The van der Waals surface area contributed by atoms with Crippen LogP contribution in [-0.4, -0.2) is 25.2 Å². The van der Waals surface area contributed by atoms with E-state index >= 15 is 0 Å². The molecule has 0 radical (unpaired) electrons. The minimum atomic E-state index is -0.365. The average molecular weight is 366 g/mol. The maximum Gasteiger partial charge on any atom is 0.269 e. The Morgan fingerprint density at radius 1 is 1.00 bits per heavy atom. The first-order valence-corrected chi connectivity index (χ1v) is 7.67. The third kappa shape index (κ3) is 4.74. The zero-order chi connectivity index (χ0) is 17.5. The van der Waals surface area contributed by atoms with E-state index in [1.807, 2.05) is 0 Å². The van der Waals surface area contributed by atoms with Gasteiger partial charge in [0, 0.05) is 16.3 Å². The molecule has 0 aliphatic rings. The lowest BCUT2D eigenvalue weighted by atomic mass is 10.2. The summed E-state index contributed by atoms with van der Waals surface area (Å²) in [6, 6.07) is 11.8. The summed E-state index contributed by atoms with van der Waals surface area (Å²) in [5.74, 6) is 0.644. The first kappa shape index (κ1) is 17.8. The number of thiocarbonyl (C=S) groups is 1. The number of anilines is 1. The second kappa shape index (κ2) is 8.37. The number of hydrogen-bond acceptors (Lipinski definition) is 4. The van der Waals surface area contributed by atoms with Gasteiger partial charge in [-0.1, -0.05) is 11.6 Å². The molecule has 0 aliphatic carbocycles. The zero-order valence-corrected chi connectivity index (χ0v) is 14.6. The summed E-state index contributed by atoms with van der Waals surface area (Å²) in [4.78, 5) is 12.1. The van der Waals surface area contributed by atoms with E-state index in [1.54, 1.807) is 42.5 Å². The molecule has 6 nitrogen and oxygen atoms in total. The summed E-state index contributed by atoms with van der Waals surface area (Å²) in [5.41, 5.74) is 6.27. The van der Waals surface area contributed by atoms with Gasteiger partial charge >= 0.3 is 0 Å². The Labute approximate surface area is 150 Å². The van der Waals surface area contributed by atoms with Gasteiger partial charge in [-0.3, -0.25) is 15.6 Å². The van der Waals surface area contributed by atoms with E-state index in [1.165, 1.54) is 14.2 Å². The Kier molecular flexibility index (Phi) is 6.22.